The molecule has 0 spiro atoms. The van der Waals surface area contributed by atoms with Gasteiger partial charge >= 0.3 is 10.1 Å². The highest BCUT2D eigenvalue weighted by Gasteiger charge is 2.25. The Morgan fingerprint density at radius 1 is 1.06 bits per heavy atom. The fraction of sp³-hybridized carbons (Fsp3) is 0.240. The van der Waals surface area contributed by atoms with Crippen LogP contribution in [0.3, 0.4) is 0 Å². The first-order valence-corrected chi connectivity index (χ1v) is 12.4. The van der Waals surface area contributed by atoms with Gasteiger partial charge in [0, 0.05) is 18.2 Å². The van der Waals surface area contributed by atoms with Crippen molar-refractivity contribution in [2.75, 3.05) is 7.11 Å². The molecule has 34 heavy (non-hydrogen) atoms. The maximum Gasteiger partial charge on any atom is 0.339 e. The van der Waals surface area contributed by atoms with Crippen LogP contribution in [0.5, 0.6) is 11.5 Å². The average Bonchev–Trinajstić information content (AvgIpc) is 2.82. The molecule has 1 atom stereocenters. The van der Waals surface area contributed by atoms with E-state index in [1.54, 1.807) is 47.4 Å². The van der Waals surface area contributed by atoms with Crippen molar-refractivity contribution in [3.05, 3.63) is 88.7 Å². The van der Waals surface area contributed by atoms with E-state index in [-0.39, 0.29) is 34.9 Å². The second-order valence-corrected chi connectivity index (χ2v) is 9.57. The number of nitrogens with zero attached hydrogens (tertiary/aromatic N) is 1. The average molecular weight is 506 g/mol. The Morgan fingerprint density at radius 2 is 1.74 bits per heavy atom. The summed E-state index contributed by atoms with van der Waals surface area (Å²) in [6.07, 6.45) is 0.669. The summed E-state index contributed by atoms with van der Waals surface area (Å²) in [6.45, 7) is 3.93. The van der Waals surface area contributed by atoms with Crippen LogP contribution >= 0.6 is 11.6 Å². The quantitative estimate of drug-likeness (QED) is 0.349. The number of ether oxygens (including phenoxy) is 1. The maximum atomic E-state index is 14.1. The molecule has 1 amide bonds. The Hall–Kier alpha value is -3.10. The predicted molar refractivity (Wildman–Crippen MR) is 128 cm³/mol. The molecule has 0 saturated carbocycles. The van der Waals surface area contributed by atoms with Crippen LogP contribution in [-0.4, -0.2) is 32.4 Å². The van der Waals surface area contributed by atoms with Crippen molar-refractivity contribution in [2.24, 2.45) is 0 Å². The summed E-state index contributed by atoms with van der Waals surface area (Å²) < 4.78 is 50.0. The third-order valence-electron chi connectivity index (χ3n) is 5.41. The van der Waals surface area contributed by atoms with Gasteiger partial charge < -0.3 is 13.8 Å². The Morgan fingerprint density at radius 3 is 2.38 bits per heavy atom. The monoisotopic (exact) mass is 505 g/mol. The number of rotatable bonds is 9. The van der Waals surface area contributed by atoms with Crippen LogP contribution in [-0.2, 0) is 16.7 Å². The summed E-state index contributed by atoms with van der Waals surface area (Å²) in [5.74, 6) is -1.15. The summed E-state index contributed by atoms with van der Waals surface area (Å²) in [6, 6.07) is 16.3. The van der Waals surface area contributed by atoms with E-state index in [2.05, 4.69) is 0 Å². The summed E-state index contributed by atoms with van der Waals surface area (Å²) in [5, 5.41) is 0.328. The van der Waals surface area contributed by atoms with Crippen molar-refractivity contribution < 1.29 is 26.5 Å². The summed E-state index contributed by atoms with van der Waals surface area (Å²) in [7, 11) is -3.06. The van der Waals surface area contributed by atoms with E-state index in [9.17, 15) is 17.6 Å². The lowest BCUT2D eigenvalue weighted by atomic mass is 10.1. The number of amides is 1. The minimum Gasteiger partial charge on any atom is -0.494 e. The van der Waals surface area contributed by atoms with Crippen LogP contribution in [0.15, 0.2) is 71.6 Å². The number of hydrogen-bond donors (Lipinski definition) is 0. The van der Waals surface area contributed by atoms with Crippen LogP contribution in [0, 0.1) is 5.82 Å². The number of carbonyl (C=O) groups is 1. The topological polar surface area (TPSA) is 72.9 Å². The zero-order chi connectivity index (χ0) is 24.9. The summed E-state index contributed by atoms with van der Waals surface area (Å²) in [4.78, 5) is 14.6. The first-order chi connectivity index (χ1) is 16.2. The molecule has 6 nitrogen and oxygen atoms in total. The highest BCUT2D eigenvalue weighted by atomic mass is 35.5. The number of methoxy groups -OCH3 is 1. The van der Waals surface area contributed by atoms with Gasteiger partial charge in [-0.1, -0.05) is 48.9 Å². The molecule has 0 unspecified atom stereocenters. The number of hydrogen-bond acceptors (Lipinski definition) is 5. The van der Waals surface area contributed by atoms with Crippen LogP contribution in [0.25, 0.3) is 0 Å². The van der Waals surface area contributed by atoms with E-state index >= 15 is 0 Å². The van der Waals surface area contributed by atoms with E-state index in [0.29, 0.717) is 22.6 Å². The van der Waals surface area contributed by atoms with E-state index in [0.717, 1.165) is 6.07 Å². The van der Waals surface area contributed by atoms with E-state index < -0.39 is 15.9 Å². The maximum absolute atomic E-state index is 14.1. The standard InChI is InChI=1S/C25H25ClFNO5S/c1-4-17(2)28(25(29)20-10-6-7-11-21(20)26)16-18-9-5-8-12-23(18)33-34(30,31)19-13-14-24(32-3)22(27)15-19/h5-15,17H,4,16H2,1-3H3/t17-/m0/s1. The van der Waals surface area contributed by atoms with Gasteiger partial charge in [0.15, 0.2) is 11.6 Å². The van der Waals surface area contributed by atoms with E-state index in [1.807, 2.05) is 13.8 Å². The SMILES string of the molecule is CC[C@H](C)N(Cc1ccccc1OS(=O)(=O)c1ccc(OC)c(F)c1)C(=O)c1ccccc1Cl. The lowest BCUT2D eigenvalue weighted by Crippen LogP contribution is -2.38. The van der Waals surface area contributed by atoms with Crippen molar-refractivity contribution in [3.63, 3.8) is 0 Å². The second-order valence-electron chi connectivity index (χ2n) is 7.61. The molecule has 0 aliphatic rings. The third-order valence-corrected chi connectivity index (χ3v) is 6.97. The molecule has 3 rings (SSSR count). The molecular formula is C25H25ClFNO5S. The Bertz CT molecular complexity index is 1280. The predicted octanol–water partition coefficient (Wildman–Crippen LogP) is 5.70. The Kier molecular flexibility index (Phi) is 8.17. The molecule has 0 fully saturated rings. The Balaban J connectivity index is 1.93. The van der Waals surface area contributed by atoms with Gasteiger partial charge in [-0.3, -0.25) is 4.79 Å². The number of halogens is 2. The van der Waals surface area contributed by atoms with Gasteiger partial charge in [0.05, 0.1) is 17.7 Å². The zero-order valence-electron chi connectivity index (χ0n) is 19.0. The number of benzene rings is 3. The van der Waals surface area contributed by atoms with Gasteiger partial charge in [-0.05, 0) is 49.7 Å². The molecule has 9 heteroatoms. The molecule has 0 heterocycles. The minimum absolute atomic E-state index is 0.0407. The normalized spacial score (nSPS) is 12.1. The molecule has 0 aliphatic heterocycles. The van der Waals surface area contributed by atoms with Crippen LogP contribution in [0.4, 0.5) is 4.39 Å². The molecule has 0 N–H and O–H groups in total. The van der Waals surface area contributed by atoms with Gasteiger partial charge in [0.1, 0.15) is 10.6 Å². The highest BCUT2D eigenvalue weighted by molar-refractivity contribution is 7.87. The van der Waals surface area contributed by atoms with Crippen LogP contribution in [0.2, 0.25) is 5.02 Å². The molecule has 0 aromatic heterocycles. The second kappa shape index (κ2) is 10.9. The summed E-state index contributed by atoms with van der Waals surface area (Å²) >= 11 is 6.24. The molecule has 0 bridgehead atoms. The lowest BCUT2D eigenvalue weighted by molar-refractivity contribution is 0.0671. The molecule has 180 valence electrons. The van der Waals surface area contributed by atoms with Crippen molar-refractivity contribution >= 4 is 27.6 Å². The zero-order valence-corrected chi connectivity index (χ0v) is 20.6. The minimum atomic E-state index is -4.34. The Labute approximate surface area is 204 Å². The first kappa shape index (κ1) is 25.5. The van der Waals surface area contributed by atoms with E-state index in [4.69, 9.17) is 20.5 Å². The summed E-state index contributed by atoms with van der Waals surface area (Å²) in [5.41, 5.74) is 0.824. The first-order valence-electron chi connectivity index (χ1n) is 10.6. The smallest absolute Gasteiger partial charge is 0.339 e. The van der Waals surface area contributed by atoms with Crippen molar-refractivity contribution in [2.45, 2.75) is 37.8 Å². The lowest BCUT2D eigenvalue weighted by Gasteiger charge is -2.29. The van der Waals surface area contributed by atoms with Crippen molar-refractivity contribution in [1.29, 1.82) is 0 Å². The van der Waals surface area contributed by atoms with Crippen molar-refractivity contribution in [1.82, 2.24) is 4.90 Å². The van der Waals surface area contributed by atoms with Gasteiger partial charge in [-0.25, -0.2) is 4.39 Å². The van der Waals surface area contributed by atoms with Gasteiger partial charge in [0.2, 0.25) is 0 Å². The molecule has 3 aromatic carbocycles. The fourth-order valence-electron chi connectivity index (χ4n) is 3.31. The molecule has 0 saturated heterocycles. The molecular weight excluding hydrogens is 481 g/mol. The third kappa shape index (κ3) is 5.69. The van der Waals surface area contributed by atoms with Gasteiger partial charge in [-0.15, -0.1) is 0 Å². The van der Waals surface area contributed by atoms with Gasteiger partial charge in [-0.2, -0.15) is 8.42 Å². The fourth-order valence-corrected chi connectivity index (χ4v) is 4.50. The van der Waals surface area contributed by atoms with Crippen LogP contribution in [0.1, 0.15) is 36.2 Å². The molecule has 3 aromatic rings. The number of para-hydroxylation sites is 1. The van der Waals surface area contributed by atoms with Crippen LogP contribution < -0.4 is 8.92 Å². The molecule has 0 aliphatic carbocycles. The number of carbonyl (C=O) groups excluding carboxylic acids is 1. The highest BCUT2D eigenvalue weighted by Crippen LogP contribution is 2.28. The van der Waals surface area contributed by atoms with E-state index in [1.165, 1.54) is 25.3 Å². The molecule has 0 radical (unpaired) electrons. The largest absolute Gasteiger partial charge is 0.494 e. The van der Waals surface area contributed by atoms with Crippen molar-refractivity contribution in [3.8, 4) is 11.5 Å². The van der Waals surface area contributed by atoms with Gasteiger partial charge in [0.25, 0.3) is 5.91 Å².